The van der Waals surface area contributed by atoms with E-state index in [9.17, 15) is 17.6 Å². The zero-order chi connectivity index (χ0) is 12.3. The molecular formula is C11H14F4P+. The Balaban J connectivity index is 3.22. The monoisotopic (exact) mass is 253 g/mol. The predicted molar refractivity (Wildman–Crippen MR) is 59.9 cm³/mol. The van der Waals surface area contributed by atoms with Crippen LogP contribution in [0.1, 0.15) is 20.3 Å². The van der Waals surface area contributed by atoms with Crippen LogP contribution < -0.4 is 5.30 Å². The molecule has 1 rings (SSSR count). The van der Waals surface area contributed by atoms with Crippen molar-refractivity contribution in [3.63, 3.8) is 0 Å². The van der Waals surface area contributed by atoms with Gasteiger partial charge in [-0.1, -0.05) is 6.92 Å². The van der Waals surface area contributed by atoms with Crippen molar-refractivity contribution in [3.8, 4) is 0 Å². The van der Waals surface area contributed by atoms with Gasteiger partial charge in [-0.05, 0) is 13.3 Å². The summed E-state index contributed by atoms with van der Waals surface area (Å²) in [5.41, 5.74) is 0. The van der Waals surface area contributed by atoms with Gasteiger partial charge in [-0.2, -0.15) is 4.39 Å². The van der Waals surface area contributed by atoms with Gasteiger partial charge in [0.25, 0.3) is 0 Å². The van der Waals surface area contributed by atoms with Gasteiger partial charge in [0.1, 0.15) is 5.30 Å². The van der Waals surface area contributed by atoms with E-state index in [2.05, 4.69) is 0 Å². The average molecular weight is 253 g/mol. The smallest absolute Gasteiger partial charge is 0.203 e. The molecule has 0 aliphatic rings. The van der Waals surface area contributed by atoms with E-state index in [4.69, 9.17) is 0 Å². The van der Waals surface area contributed by atoms with Gasteiger partial charge in [0.2, 0.25) is 11.6 Å². The lowest BCUT2D eigenvalue weighted by Crippen LogP contribution is -2.15. The minimum Gasteiger partial charge on any atom is -0.203 e. The normalized spacial score (nSPS) is 12.9. The van der Waals surface area contributed by atoms with Gasteiger partial charge in [0.05, 0.1) is 12.3 Å². The van der Waals surface area contributed by atoms with E-state index in [1.165, 1.54) is 0 Å². The topological polar surface area (TPSA) is 0 Å². The van der Waals surface area contributed by atoms with Crippen molar-refractivity contribution in [1.82, 2.24) is 0 Å². The van der Waals surface area contributed by atoms with Crippen LogP contribution in [0, 0.1) is 23.3 Å². The van der Waals surface area contributed by atoms with E-state index >= 15 is 0 Å². The van der Waals surface area contributed by atoms with E-state index in [0.29, 0.717) is 6.16 Å². The summed E-state index contributed by atoms with van der Waals surface area (Å²) < 4.78 is 52.2. The molecule has 1 atom stereocenters. The maximum absolute atomic E-state index is 13.4. The molecule has 16 heavy (non-hydrogen) atoms. The molecule has 1 unspecified atom stereocenters. The van der Waals surface area contributed by atoms with Crippen molar-refractivity contribution in [1.29, 1.82) is 0 Å². The molecule has 0 radical (unpaired) electrons. The third kappa shape index (κ3) is 2.54. The number of rotatable bonds is 4. The Morgan fingerprint density at radius 2 is 1.62 bits per heavy atom. The third-order valence-electron chi connectivity index (χ3n) is 2.46. The zero-order valence-corrected chi connectivity index (χ0v) is 10.2. The standard InChI is InChI=1S/C11H13F4P/c1-3-5-16(4-2)8-6-7(12)9(13)11(15)10(8)14/h6H,3-5H2,1-2H3/p+1. The number of halogens is 4. The highest BCUT2D eigenvalue weighted by atomic mass is 31.1. The first kappa shape index (κ1) is 13.4. The highest BCUT2D eigenvalue weighted by Crippen LogP contribution is 2.36. The highest BCUT2D eigenvalue weighted by molar-refractivity contribution is 7.65. The number of benzene rings is 1. The first-order chi connectivity index (χ1) is 7.52. The summed E-state index contributed by atoms with van der Waals surface area (Å²) in [7, 11) is -1.32. The largest absolute Gasteiger partial charge is 0.203 e. The van der Waals surface area contributed by atoms with Crippen LogP contribution in [0.15, 0.2) is 6.07 Å². The molecule has 0 bridgehead atoms. The van der Waals surface area contributed by atoms with Crippen molar-refractivity contribution in [2.75, 3.05) is 12.3 Å². The summed E-state index contributed by atoms with van der Waals surface area (Å²) in [4.78, 5) is 0. The second-order valence-electron chi connectivity index (χ2n) is 3.56. The molecule has 0 aliphatic heterocycles. The van der Waals surface area contributed by atoms with Crippen molar-refractivity contribution in [2.45, 2.75) is 20.3 Å². The molecule has 0 aromatic heterocycles. The first-order valence-corrected chi connectivity index (χ1v) is 7.12. The lowest BCUT2D eigenvalue weighted by atomic mass is 10.3. The van der Waals surface area contributed by atoms with Gasteiger partial charge < -0.3 is 0 Å². The molecule has 0 nitrogen and oxygen atoms in total. The number of hydrogen-bond donors (Lipinski definition) is 0. The van der Waals surface area contributed by atoms with Crippen molar-refractivity contribution in [3.05, 3.63) is 29.3 Å². The predicted octanol–water partition coefficient (Wildman–Crippen LogP) is 3.51. The van der Waals surface area contributed by atoms with Crippen molar-refractivity contribution >= 4 is 13.2 Å². The quantitative estimate of drug-likeness (QED) is 0.333. The van der Waals surface area contributed by atoms with Gasteiger partial charge >= 0.3 is 0 Å². The molecule has 90 valence electrons. The molecule has 1 aromatic rings. The lowest BCUT2D eigenvalue weighted by molar-refractivity contribution is 0.412. The summed E-state index contributed by atoms with van der Waals surface area (Å²) in [6.45, 7) is 3.77. The Labute approximate surface area is 93.4 Å². The average Bonchev–Trinajstić information content (AvgIpc) is 2.28. The fourth-order valence-corrected chi connectivity index (χ4v) is 3.99. The van der Waals surface area contributed by atoms with Gasteiger partial charge in [-0.15, -0.1) is 0 Å². The Morgan fingerprint density at radius 1 is 1.00 bits per heavy atom. The fourth-order valence-electron chi connectivity index (χ4n) is 1.63. The van der Waals surface area contributed by atoms with E-state index in [-0.39, 0.29) is 5.30 Å². The van der Waals surface area contributed by atoms with Crippen LogP contribution >= 0.6 is 7.92 Å². The maximum atomic E-state index is 13.4. The summed E-state index contributed by atoms with van der Waals surface area (Å²) in [5, 5.41) is 0.0331. The first-order valence-electron chi connectivity index (χ1n) is 5.20. The fraction of sp³-hybridized carbons (Fsp3) is 0.455. The SMILES string of the molecule is CCC[PH+](CC)c1cc(F)c(F)c(F)c1F. The minimum atomic E-state index is -1.73. The zero-order valence-electron chi connectivity index (χ0n) is 9.21. The third-order valence-corrected chi connectivity index (χ3v) is 5.54. The van der Waals surface area contributed by atoms with E-state index in [0.717, 1.165) is 18.6 Å². The Bertz CT molecular complexity index is 379. The lowest BCUT2D eigenvalue weighted by Gasteiger charge is -2.09. The van der Waals surface area contributed by atoms with Gasteiger partial charge in [0.15, 0.2) is 11.6 Å². The molecule has 1 aromatic carbocycles. The summed E-state index contributed by atoms with van der Waals surface area (Å²) in [6.07, 6.45) is 2.21. The summed E-state index contributed by atoms with van der Waals surface area (Å²) in [6, 6.07) is 0.807. The Kier molecular flexibility index (Phi) is 4.72. The van der Waals surface area contributed by atoms with Gasteiger partial charge in [-0.3, -0.25) is 0 Å². The number of hydrogen-bond acceptors (Lipinski definition) is 0. The van der Waals surface area contributed by atoms with Crippen molar-refractivity contribution in [2.24, 2.45) is 0 Å². The molecule has 0 saturated carbocycles. The molecular weight excluding hydrogens is 239 g/mol. The molecule has 0 amide bonds. The van der Waals surface area contributed by atoms with Crippen LogP contribution in [0.3, 0.4) is 0 Å². The molecule has 0 fully saturated rings. The van der Waals surface area contributed by atoms with Crippen LogP contribution in [0.4, 0.5) is 17.6 Å². The van der Waals surface area contributed by atoms with E-state index in [1.54, 1.807) is 0 Å². The molecule has 0 spiro atoms. The Morgan fingerprint density at radius 3 is 2.12 bits per heavy atom. The molecule has 5 heteroatoms. The van der Waals surface area contributed by atoms with Crippen LogP contribution in [-0.4, -0.2) is 12.3 Å². The molecule has 0 aliphatic carbocycles. The second-order valence-corrected chi connectivity index (χ2v) is 6.51. The van der Waals surface area contributed by atoms with Crippen LogP contribution in [0.25, 0.3) is 0 Å². The maximum Gasteiger partial charge on any atom is 0.203 e. The minimum absolute atomic E-state index is 0.0331. The van der Waals surface area contributed by atoms with Crippen molar-refractivity contribution < 1.29 is 17.6 Å². The second kappa shape index (κ2) is 5.62. The van der Waals surface area contributed by atoms with Gasteiger partial charge in [-0.25, -0.2) is 13.2 Å². The van der Waals surface area contributed by atoms with E-state index in [1.807, 2.05) is 13.8 Å². The van der Waals surface area contributed by atoms with Gasteiger partial charge in [0, 0.05) is 14.0 Å². The summed E-state index contributed by atoms with van der Waals surface area (Å²) in [5.74, 6) is -5.94. The highest BCUT2D eigenvalue weighted by Gasteiger charge is 2.27. The van der Waals surface area contributed by atoms with Crippen LogP contribution in [0.5, 0.6) is 0 Å². The van der Waals surface area contributed by atoms with E-state index < -0.39 is 31.2 Å². The van der Waals surface area contributed by atoms with Crippen LogP contribution in [-0.2, 0) is 0 Å². The Hall–Kier alpha value is -0.630. The molecule has 0 heterocycles. The summed E-state index contributed by atoms with van der Waals surface area (Å²) >= 11 is 0. The molecule has 0 N–H and O–H groups in total. The molecule has 0 saturated heterocycles. The van der Waals surface area contributed by atoms with Crippen LogP contribution in [0.2, 0.25) is 0 Å².